The van der Waals surface area contributed by atoms with Crippen molar-refractivity contribution in [3.8, 4) is 0 Å². The molecule has 0 aromatic heterocycles. The number of esters is 2. The van der Waals surface area contributed by atoms with Gasteiger partial charge in [-0.3, -0.25) is 13.8 Å². The molecule has 5 rings (SSSR count). The third kappa shape index (κ3) is 11.4. The highest BCUT2D eigenvalue weighted by Crippen LogP contribution is 2.37. The van der Waals surface area contributed by atoms with Crippen LogP contribution in [0.5, 0.6) is 0 Å². The van der Waals surface area contributed by atoms with Crippen molar-refractivity contribution < 1.29 is 52.0 Å². The van der Waals surface area contributed by atoms with Crippen LogP contribution in [0.25, 0.3) is 31.3 Å². The molecular formula is C37H41N9O11S. The maximum Gasteiger partial charge on any atom is 0.303 e. The van der Waals surface area contributed by atoms with Crippen molar-refractivity contribution in [3.05, 3.63) is 133 Å². The van der Waals surface area contributed by atoms with Crippen molar-refractivity contribution in [1.29, 1.82) is 0 Å². The first-order valence-electron chi connectivity index (χ1n) is 18.4. The van der Waals surface area contributed by atoms with Gasteiger partial charge in [-0.25, -0.2) is 0 Å². The van der Waals surface area contributed by atoms with Crippen molar-refractivity contribution in [1.82, 2.24) is 0 Å². The van der Waals surface area contributed by atoms with Crippen LogP contribution in [-0.4, -0.2) is 88.0 Å². The summed E-state index contributed by atoms with van der Waals surface area (Å²) < 4.78 is 78.8. The fourth-order valence-corrected chi connectivity index (χ4v) is 7.42. The highest BCUT2D eigenvalue weighted by molar-refractivity contribution is 7.86. The first-order chi connectivity index (χ1) is 28.3. The Hall–Kier alpha value is -5.72. The lowest BCUT2D eigenvalue weighted by molar-refractivity contribution is -0.306. The summed E-state index contributed by atoms with van der Waals surface area (Å²) in [5.74, 6) is -1.77. The summed E-state index contributed by atoms with van der Waals surface area (Å²) in [7, 11) is -4.44. The number of benzene rings is 3. The van der Waals surface area contributed by atoms with Crippen molar-refractivity contribution in [2.45, 2.75) is 106 Å². The first kappa shape index (κ1) is 41.9. The molecule has 0 bridgehead atoms. The highest BCUT2D eigenvalue weighted by Gasteiger charge is 2.54. The van der Waals surface area contributed by atoms with Gasteiger partial charge in [0.1, 0.15) is 36.5 Å². The molecular weight excluding hydrogens is 779 g/mol. The van der Waals surface area contributed by atoms with E-state index >= 15 is 0 Å². The Morgan fingerprint density at radius 3 is 1.79 bits per heavy atom. The summed E-state index contributed by atoms with van der Waals surface area (Å²) in [5, 5.41) is 11.3. The predicted molar refractivity (Wildman–Crippen MR) is 202 cm³/mol. The molecule has 1 aliphatic carbocycles. The molecule has 21 heteroatoms. The molecule has 58 heavy (non-hydrogen) atoms. The Bertz CT molecular complexity index is 2180. The van der Waals surface area contributed by atoms with Crippen LogP contribution in [0, 0.1) is 6.92 Å². The SMILES string of the molecule is [2H][C@]1(N=[N+]=[N-])[C@@H](O[C@H]2[C@H](OC(C)=O)[C@@H](OC(C)=O)[C@H](N=[N+]=[N-])C[C@@H]2N=[N+]=[N-])O[C@H](COS(=O)(=O)c2ccc(C)cc2)[C@@H](OCc2ccccc2)[C@@H]1OCc1ccccc1. The van der Waals surface area contributed by atoms with E-state index in [0.29, 0.717) is 11.1 Å². The van der Waals surface area contributed by atoms with Crippen LogP contribution in [0.1, 0.15) is 38.3 Å². The van der Waals surface area contributed by atoms with Crippen LogP contribution >= 0.6 is 0 Å². The van der Waals surface area contributed by atoms with Gasteiger partial charge in [0.25, 0.3) is 10.1 Å². The summed E-state index contributed by atoms with van der Waals surface area (Å²) in [6.45, 7) is 2.85. The van der Waals surface area contributed by atoms with E-state index in [1.807, 2.05) is 0 Å². The number of ether oxygens (including phenoxy) is 6. The largest absolute Gasteiger partial charge is 0.458 e. The van der Waals surface area contributed by atoms with Crippen molar-refractivity contribution in [2.24, 2.45) is 15.3 Å². The second-order valence-corrected chi connectivity index (χ2v) is 14.8. The molecule has 2 aliphatic rings. The van der Waals surface area contributed by atoms with Crippen molar-refractivity contribution in [2.75, 3.05) is 6.61 Å². The molecule has 1 saturated carbocycles. The van der Waals surface area contributed by atoms with Crippen LogP contribution in [0.2, 0.25) is 0 Å². The Labute approximate surface area is 334 Å². The highest BCUT2D eigenvalue weighted by atomic mass is 32.2. The van der Waals surface area contributed by atoms with Gasteiger partial charge in [-0.2, -0.15) is 8.42 Å². The van der Waals surface area contributed by atoms with Crippen LogP contribution in [0.15, 0.2) is 105 Å². The summed E-state index contributed by atoms with van der Waals surface area (Å²) in [6.07, 6.45) is -11.7. The summed E-state index contributed by atoms with van der Waals surface area (Å²) in [4.78, 5) is 33.3. The fraction of sp³-hybridized carbons (Fsp3) is 0.459. The zero-order valence-electron chi connectivity index (χ0n) is 32.5. The molecule has 1 heterocycles. The first-order valence-corrected chi connectivity index (χ1v) is 19.3. The Morgan fingerprint density at radius 2 is 1.26 bits per heavy atom. The summed E-state index contributed by atoms with van der Waals surface area (Å²) in [6, 6.07) is 18.3. The molecule has 10 atom stereocenters. The fourth-order valence-electron chi connectivity index (χ4n) is 6.50. The number of rotatable bonds is 17. The van der Waals surface area contributed by atoms with Gasteiger partial charge in [0.05, 0.1) is 36.8 Å². The second-order valence-electron chi connectivity index (χ2n) is 13.2. The van der Waals surface area contributed by atoms with Gasteiger partial charge in [0, 0.05) is 30.0 Å². The van der Waals surface area contributed by atoms with Gasteiger partial charge in [-0.15, -0.1) is 0 Å². The third-order valence-electron chi connectivity index (χ3n) is 9.08. The molecule has 0 radical (unpaired) electrons. The van der Waals surface area contributed by atoms with E-state index < -0.39 is 89.7 Å². The zero-order valence-corrected chi connectivity index (χ0v) is 32.3. The van der Waals surface area contributed by atoms with E-state index in [-0.39, 0.29) is 24.5 Å². The van der Waals surface area contributed by atoms with E-state index in [9.17, 15) is 36.0 Å². The van der Waals surface area contributed by atoms with Gasteiger partial charge in [0.2, 0.25) is 0 Å². The molecule has 1 aliphatic heterocycles. The van der Waals surface area contributed by atoms with E-state index in [4.69, 9.17) is 32.6 Å². The number of hydrogen-bond donors (Lipinski definition) is 0. The van der Waals surface area contributed by atoms with Gasteiger partial charge >= 0.3 is 11.9 Å². The Kier molecular flexibility index (Phi) is 14.9. The quantitative estimate of drug-likeness (QED) is 0.0480. The van der Waals surface area contributed by atoms with Crippen LogP contribution in [0.3, 0.4) is 0 Å². The molecule has 3 aromatic carbocycles. The summed E-state index contributed by atoms with van der Waals surface area (Å²) >= 11 is 0. The minimum absolute atomic E-state index is 0.111. The number of carbonyl (C=O) groups excluding carboxylic acids is 2. The van der Waals surface area contributed by atoms with Gasteiger partial charge in [0.15, 0.2) is 12.4 Å². The lowest BCUT2D eigenvalue weighted by Gasteiger charge is -2.48. The van der Waals surface area contributed by atoms with Crippen molar-refractivity contribution in [3.63, 3.8) is 0 Å². The van der Waals surface area contributed by atoms with Gasteiger partial charge in [-0.1, -0.05) is 93.7 Å². The third-order valence-corrected chi connectivity index (χ3v) is 10.4. The number of nitrogens with zero attached hydrogens (tertiary/aromatic N) is 9. The molecule has 3 aromatic rings. The number of carbonyl (C=O) groups is 2. The molecule has 0 unspecified atom stereocenters. The number of aryl methyl sites for hydroxylation is 1. The monoisotopic (exact) mass is 820 g/mol. The molecule has 306 valence electrons. The van der Waals surface area contributed by atoms with E-state index in [1.54, 1.807) is 79.7 Å². The van der Waals surface area contributed by atoms with E-state index in [1.165, 1.54) is 12.1 Å². The Morgan fingerprint density at radius 1 is 0.741 bits per heavy atom. The normalized spacial score (nSPS) is 28.3. The number of azide groups is 3. The second kappa shape index (κ2) is 20.6. The predicted octanol–water partition coefficient (Wildman–Crippen LogP) is 6.29. The van der Waals surface area contributed by atoms with Crippen LogP contribution in [-0.2, 0) is 65.5 Å². The van der Waals surface area contributed by atoms with Crippen LogP contribution < -0.4 is 0 Å². The van der Waals surface area contributed by atoms with Gasteiger partial charge < -0.3 is 28.4 Å². The number of hydrogen-bond acceptors (Lipinski definition) is 14. The lowest BCUT2D eigenvalue weighted by Crippen LogP contribution is -2.64. The molecule has 0 spiro atoms. The van der Waals surface area contributed by atoms with E-state index in [0.717, 1.165) is 19.4 Å². The molecule has 2 fully saturated rings. The minimum atomic E-state index is -4.44. The molecule has 20 nitrogen and oxygen atoms in total. The maximum atomic E-state index is 13.5. The average Bonchev–Trinajstić information content (AvgIpc) is 3.20. The zero-order chi connectivity index (χ0) is 42.6. The summed E-state index contributed by atoms with van der Waals surface area (Å²) in [5.41, 5.74) is 31.0. The average molecular weight is 821 g/mol. The molecule has 0 amide bonds. The van der Waals surface area contributed by atoms with E-state index in [2.05, 4.69) is 30.1 Å². The van der Waals surface area contributed by atoms with Gasteiger partial charge in [-0.05, 0) is 53.2 Å². The maximum absolute atomic E-state index is 13.5. The minimum Gasteiger partial charge on any atom is -0.458 e. The van der Waals surface area contributed by atoms with Crippen molar-refractivity contribution >= 4 is 22.1 Å². The van der Waals surface area contributed by atoms with Crippen LogP contribution in [0.4, 0.5) is 0 Å². The molecule has 1 saturated heterocycles. The molecule has 0 N–H and O–H groups in total. The smallest absolute Gasteiger partial charge is 0.303 e. The topological polar surface area (TPSA) is 279 Å². The lowest BCUT2D eigenvalue weighted by atomic mass is 9.84. The Balaban J connectivity index is 1.63. The standard InChI is InChI=1S/C37H41N9O11S/c1-22-14-16-27(17-15-22)58(49,50)53-21-30-34(51-19-25-10-6-4-7-11-25)35(52-20-26-12-8-5-9-13-26)31(43-46-40)37(56-30)57-33-29(42-45-39)18-28(41-44-38)32(54-23(2)47)36(33)55-24(3)48/h4-17,28-37H,18-21H2,1-3H3/t28-,29+,30-,31-,32+,33-,34-,35-,36-,37-/m1/s1/i31D.